The Bertz CT molecular complexity index is 917. The van der Waals surface area contributed by atoms with E-state index in [2.05, 4.69) is 37.8 Å². The number of rotatable bonds is 9. The molecule has 1 aromatic carbocycles. The summed E-state index contributed by atoms with van der Waals surface area (Å²) in [6, 6.07) is 7.41. The number of amides is 1. The third-order valence-electron chi connectivity index (χ3n) is 5.22. The zero-order valence-electron chi connectivity index (χ0n) is 17.6. The molecule has 1 amide bonds. The highest BCUT2D eigenvalue weighted by Crippen LogP contribution is 2.40. The number of aliphatic hydroxyl groups is 1. The molecule has 1 heterocycles. The first kappa shape index (κ1) is 23.4. The van der Waals surface area contributed by atoms with Gasteiger partial charge in [-0.3, -0.25) is 4.79 Å². The van der Waals surface area contributed by atoms with Crippen molar-refractivity contribution < 1.29 is 9.90 Å². The molecule has 10 heteroatoms. The second-order valence-electron chi connectivity index (χ2n) is 7.38. The molecule has 3 rings (SSSR count). The van der Waals surface area contributed by atoms with Gasteiger partial charge in [0.05, 0.1) is 18.9 Å². The molecule has 0 bridgehead atoms. The van der Waals surface area contributed by atoms with Crippen LogP contribution >= 0.6 is 23.1 Å². The van der Waals surface area contributed by atoms with Crippen LogP contribution in [0.4, 0.5) is 5.13 Å². The van der Waals surface area contributed by atoms with E-state index in [1.54, 1.807) is 11.3 Å². The van der Waals surface area contributed by atoms with Crippen LogP contribution in [-0.2, 0) is 17.8 Å². The number of aromatic nitrogens is 2. The molecule has 8 nitrogen and oxygen atoms in total. The molecule has 3 N–H and O–H groups in total. The Morgan fingerprint density at radius 1 is 1.35 bits per heavy atom. The van der Waals surface area contributed by atoms with Crippen molar-refractivity contribution in [3.8, 4) is 0 Å². The molecule has 1 unspecified atom stereocenters. The molecule has 2 aromatic rings. The minimum atomic E-state index is -0.0662. The van der Waals surface area contributed by atoms with Gasteiger partial charge in [0.25, 0.3) is 0 Å². The molecule has 0 aliphatic heterocycles. The zero-order valence-corrected chi connectivity index (χ0v) is 19.2. The maximum Gasteiger partial charge on any atom is 0.225 e. The van der Waals surface area contributed by atoms with E-state index in [4.69, 9.17) is 0 Å². The number of hydrogen-bond acceptors (Lipinski definition) is 9. The molecule has 31 heavy (non-hydrogen) atoms. The average molecular weight is 461 g/mol. The SMILES string of the molecule is C=N/N=C(\SCNC(=O)Cc1cccc(CO)c1)[C@H]1CCCC(c2nnc(NC)s2)C1. The summed E-state index contributed by atoms with van der Waals surface area (Å²) >= 11 is 3.11. The first-order chi connectivity index (χ1) is 15.1. The number of nitrogens with zero attached hydrogens (tertiary/aromatic N) is 4. The summed E-state index contributed by atoms with van der Waals surface area (Å²) in [6.45, 7) is 3.48. The smallest absolute Gasteiger partial charge is 0.225 e. The first-order valence-corrected chi connectivity index (χ1v) is 12.1. The zero-order chi connectivity index (χ0) is 22.1. The first-order valence-electron chi connectivity index (χ1n) is 10.3. The fraction of sp³-hybridized carbons (Fsp3) is 0.476. The van der Waals surface area contributed by atoms with Gasteiger partial charge >= 0.3 is 0 Å². The van der Waals surface area contributed by atoms with E-state index >= 15 is 0 Å². The van der Waals surface area contributed by atoms with Gasteiger partial charge in [-0.1, -0.05) is 53.8 Å². The van der Waals surface area contributed by atoms with E-state index in [0.29, 0.717) is 11.8 Å². The molecule has 2 atom stereocenters. The van der Waals surface area contributed by atoms with Crippen molar-refractivity contribution in [3.05, 3.63) is 40.4 Å². The number of carbonyl (C=O) groups excluding carboxylic acids is 1. The molecule has 1 fully saturated rings. The third-order valence-corrected chi connectivity index (χ3v) is 7.33. The minimum absolute atomic E-state index is 0.0323. The fourth-order valence-corrected chi connectivity index (χ4v) is 5.50. The van der Waals surface area contributed by atoms with E-state index < -0.39 is 0 Å². The van der Waals surface area contributed by atoms with Crippen molar-refractivity contribution in [3.63, 3.8) is 0 Å². The van der Waals surface area contributed by atoms with Crippen LogP contribution in [0.3, 0.4) is 0 Å². The largest absolute Gasteiger partial charge is 0.392 e. The predicted molar refractivity (Wildman–Crippen MR) is 128 cm³/mol. The molecule has 1 aliphatic rings. The van der Waals surface area contributed by atoms with Crippen molar-refractivity contribution in [2.45, 2.75) is 44.6 Å². The van der Waals surface area contributed by atoms with Crippen molar-refractivity contribution in [2.75, 3.05) is 18.2 Å². The van der Waals surface area contributed by atoms with Gasteiger partial charge in [-0.25, -0.2) is 0 Å². The molecule has 0 spiro atoms. The Morgan fingerprint density at radius 3 is 2.94 bits per heavy atom. The van der Waals surface area contributed by atoms with Gasteiger partial charge in [0, 0.05) is 25.6 Å². The van der Waals surface area contributed by atoms with Crippen LogP contribution in [0.1, 0.15) is 47.7 Å². The fourth-order valence-electron chi connectivity index (χ4n) is 3.71. The Labute approximate surface area is 190 Å². The Hall–Kier alpha value is -2.30. The summed E-state index contributed by atoms with van der Waals surface area (Å²) in [5.74, 6) is 0.997. The van der Waals surface area contributed by atoms with E-state index in [1.807, 2.05) is 31.3 Å². The molecular weight excluding hydrogens is 432 g/mol. The second kappa shape index (κ2) is 11.9. The van der Waals surface area contributed by atoms with Crippen LogP contribution in [0.15, 0.2) is 34.5 Å². The molecule has 166 valence electrons. The number of hydrogen-bond donors (Lipinski definition) is 3. The Balaban J connectivity index is 1.52. The summed E-state index contributed by atoms with van der Waals surface area (Å²) in [7, 11) is 1.85. The molecule has 0 saturated heterocycles. The number of thioether (sulfide) groups is 1. The maximum atomic E-state index is 12.3. The third kappa shape index (κ3) is 6.84. The van der Waals surface area contributed by atoms with E-state index in [1.165, 1.54) is 11.8 Å². The normalized spacial score (nSPS) is 19.1. The molecular formula is C21H28N6O2S2. The second-order valence-corrected chi connectivity index (χ2v) is 9.38. The van der Waals surface area contributed by atoms with Gasteiger partial charge in [0.15, 0.2) is 0 Å². The summed E-state index contributed by atoms with van der Waals surface area (Å²) in [5, 5.41) is 34.5. The van der Waals surface area contributed by atoms with E-state index in [0.717, 1.165) is 52.0 Å². The quantitative estimate of drug-likeness (QED) is 0.229. The number of anilines is 1. The van der Waals surface area contributed by atoms with Crippen LogP contribution in [0.25, 0.3) is 0 Å². The summed E-state index contributed by atoms with van der Waals surface area (Å²) < 4.78 is 0. The number of nitrogens with one attached hydrogen (secondary N) is 2. The molecule has 1 aromatic heterocycles. The van der Waals surface area contributed by atoms with Crippen molar-refractivity contribution in [2.24, 2.45) is 16.1 Å². The van der Waals surface area contributed by atoms with Crippen LogP contribution < -0.4 is 10.6 Å². The average Bonchev–Trinajstić information content (AvgIpc) is 3.28. The van der Waals surface area contributed by atoms with Gasteiger partial charge < -0.3 is 15.7 Å². The highest BCUT2D eigenvalue weighted by molar-refractivity contribution is 8.13. The lowest BCUT2D eigenvalue weighted by molar-refractivity contribution is -0.120. The highest BCUT2D eigenvalue weighted by atomic mass is 32.2. The number of carbonyl (C=O) groups is 1. The lowest BCUT2D eigenvalue weighted by atomic mass is 9.82. The number of benzene rings is 1. The molecule has 1 aliphatic carbocycles. The summed E-state index contributed by atoms with van der Waals surface area (Å²) in [4.78, 5) is 12.3. The van der Waals surface area contributed by atoms with Crippen LogP contribution in [0, 0.1) is 5.92 Å². The van der Waals surface area contributed by atoms with Gasteiger partial charge in [0.2, 0.25) is 11.0 Å². The molecule has 1 saturated carbocycles. The van der Waals surface area contributed by atoms with Crippen LogP contribution in [0.2, 0.25) is 0 Å². The van der Waals surface area contributed by atoms with Gasteiger partial charge in [0.1, 0.15) is 10.1 Å². The number of aliphatic hydroxyl groups excluding tert-OH is 1. The lowest BCUT2D eigenvalue weighted by Gasteiger charge is -2.28. The van der Waals surface area contributed by atoms with Gasteiger partial charge in [-0.2, -0.15) is 5.10 Å². The van der Waals surface area contributed by atoms with Crippen molar-refractivity contribution in [1.29, 1.82) is 0 Å². The Kier molecular flexibility index (Phi) is 8.98. The van der Waals surface area contributed by atoms with E-state index in [-0.39, 0.29) is 24.9 Å². The lowest BCUT2D eigenvalue weighted by Crippen LogP contribution is -2.27. The van der Waals surface area contributed by atoms with E-state index in [9.17, 15) is 9.90 Å². The van der Waals surface area contributed by atoms with Crippen LogP contribution in [0.5, 0.6) is 0 Å². The standard InChI is InChI=1S/C21H28N6O2S2/c1-22-21-27-26-20(31-21)17-8-4-7-16(11-17)19(25-23-2)30-13-24-18(29)10-14-5-3-6-15(9-14)12-28/h3,5-6,9,16-17,28H,2,4,7-8,10-13H2,1H3,(H,22,27)(H,24,29)/b25-19-/t16-,17?/m0/s1. The Morgan fingerprint density at radius 2 is 2.19 bits per heavy atom. The minimum Gasteiger partial charge on any atom is -0.392 e. The van der Waals surface area contributed by atoms with Crippen LogP contribution in [-0.4, -0.2) is 45.9 Å². The summed E-state index contributed by atoms with van der Waals surface area (Å²) in [5.41, 5.74) is 1.68. The summed E-state index contributed by atoms with van der Waals surface area (Å²) in [6.07, 6.45) is 4.45. The van der Waals surface area contributed by atoms with Gasteiger partial charge in [-0.05, 0) is 30.4 Å². The van der Waals surface area contributed by atoms with Gasteiger partial charge in [-0.15, -0.1) is 15.3 Å². The maximum absolute atomic E-state index is 12.3. The predicted octanol–water partition coefficient (Wildman–Crippen LogP) is 3.41. The highest BCUT2D eigenvalue weighted by Gasteiger charge is 2.29. The topological polar surface area (TPSA) is 112 Å². The van der Waals surface area contributed by atoms with Crippen molar-refractivity contribution >= 4 is 45.9 Å². The molecule has 0 radical (unpaired) electrons. The van der Waals surface area contributed by atoms with Crippen molar-refractivity contribution in [1.82, 2.24) is 15.5 Å². The monoisotopic (exact) mass is 460 g/mol.